The molecule has 0 aliphatic carbocycles. The van der Waals surface area contributed by atoms with Crippen LogP contribution in [0, 0.1) is 6.92 Å². The summed E-state index contributed by atoms with van der Waals surface area (Å²) in [5.74, 6) is 0.907. The van der Waals surface area contributed by atoms with Crippen LogP contribution >= 0.6 is 0 Å². The molecule has 1 rings (SSSR count). The van der Waals surface area contributed by atoms with E-state index in [1.807, 2.05) is 19.9 Å². The standard InChI is InChI=1S/C14H25N3O/c1-10(2)15-9-13-6-7-14(17-12(13)4)16-8-11(3)18-5/h6-7,10-11,15H,8-9H2,1-5H3,(H,16,17). The van der Waals surface area contributed by atoms with Gasteiger partial charge in [0.25, 0.3) is 0 Å². The Kier molecular flexibility index (Phi) is 6.09. The zero-order chi connectivity index (χ0) is 13.5. The van der Waals surface area contributed by atoms with Gasteiger partial charge in [0.05, 0.1) is 6.10 Å². The highest BCUT2D eigenvalue weighted by Gasteiger charge is 2.04. The van der Waals surface area contributed by atoms with E-state index in [2.05, 4.69) is 35.5 Å². The minimum Gasteiger partial charge on any atom is -0.380 e. The maximum absolute atomic E-state index is 5.19. The highest BCUT2D eigenvalue weighted by Crippen LogP contribution is 2.10. The van der Waals surface area contributed by atoms with E-state index in [-0.39, 0.29) is 6.10 Å². The fourth-order valence-electron chi connectivity index (χ4n) is 1.52. The molecule has 0 fully saturated rings. The first-order valence-electron chi connectivity index (χ1n) is 6.49. The second-order valence-electron chi connectivity index (χ2n) is 4.90. The molecule has 2 N–H and O–H groups in total. The predicted molar refractivity (Wildman–Crippen MR) is 75.9 cm³/mol. The van der Waals surface area contributed by atoms with E-state index < -0.39 is 0 Å². The Morgan fingerprint density at radius 3 is 2.56 bits per heavy atom. The van der Waals surface area contributed by atoms with Crippen LogP contribution in [0.4, 0.5) is 5.82 Å². The molecule has 0 saturated heterocycles. The van der Waals surface area contributed by atoms with Gasteiger partial charge in [-0.25, -0.2) is 4.98 Å². The second kappa shape index (κ2) is 7.34. The van der Waals surface area contributed by atoms with Crippen LogP contribution in [0.3, 0.4) is 0 Å². The Balaban J connectivity index is 2.56. The van der Waals surface area contributed by atoms with Crippen molar-refractivity contribution in [1.29, 1.82) is 0 Å². The molecule has 0 amide bonds. The third kappa shape index (κ3) is 5.02. The van der Waals surface area contributed by atoms with E-state index in [9.17, 15) is 0 Å². The minimum absolute atomic E-state index is 0.189. The SMILES string of the molecule is COC(C)CNc1ccc(CNC(C)C)c(C)n1. The summed E-state index contributed by atoms with van der Waals surface area (Å²) in [7, 11) is 1.71. The Bertz CT molecular complexity index is 366. The first kappa shape index (κ1) is 14.9. The average Bonchev–Trinajstić information content (AvgIpc) is 2.34. The smallest absolute Gasteiger partial charge is 0.126 e. The van der Waals surface area contributed by atoms with Crippen LogP contribution in [-0.4, -0.2) is 30.8 Å². The lowest BCUT2D eigenvalue weighted by molar-refractivity contribution is 0.128. The van der Waals surface area contributed by atoms with Gasteiger partial charge in [-0.05, 0) is 25.5 Å². The molecule has 1 aromatic heterocycles. The van der Waals surface area contributed by atoms with Crippen LogP contribution in [0.15, 0.2) is 12.1 Å². The van der Waals surface area contributed by atoms with Crippen LogP contribution in [0.25, 0.3) is 0 Å². The molecular formula is C14H25N3O. The average molecular weight is 251 g/mol. The van der Waals surface area contributed by atoms with Gasteiger partial charge >= 0.3 is 0 Å². The third-order valence-corrected chi connectivity index (χ3v) is 2.87. The molecule has 1 atom stereocenters. The number of pyridine rings is 1. The fraction of sp³-hybridized carbons (Fsp3) is 0.643. The number of aryl methyl sites for hydroxylation is 1. The Hall–Kier alpha value is -1.13. The maximum Gasteiger partial charge on any atom is 0.126 e. The van der Waals surface area contributed by atoms with Gasteiger partial charge in [-0.2, -0.15) is 0 Å². The number of anilines is 1. The van der Waals surface area contributed by atoms with Crippen LogP contribution in [-0.2, 0) is 11.3 Å². The quantitative estimate of drug-likeness (QED) is 0.781. The van der Waals surface area contributed by atoms with Crippen molar-refractivity contribution in [1.82, 2.24) is 10.3 Å². The van der Waals surface area contributed by atoms with Crippen LogP contribution < -0.4 is 10.6 Å². The molecule has 18 heavy (non-hydrogen) atoms. The van der Waals surface area contributed by atoms with E-state index >= 15 is 0 Å². The van der Waals surface area contributed by atoms with Crippen molar-refractivity contribution in [2.75, 3.05) is 19.0 Å². The minimum atomic E-state index is 0.189. The summed E-state index contributed by atoms with van der Waals surface area (Å²) in [4.78, 5) is 4.55. The Morgan fingerprint density at radius 2 is 2.00 bits per heavy atom. The first-order chi connectivity index (χ1) is 8.52. The van der Waals surface area contributed by atoms with Gasteiger partial charge in [0, 0.05) is 31.9 Å². The monoisotopic (exact) mass is 251 g/mol. The third-order valence-electron chi connectivity index (χ3n) is 2.87. The summed E-state index contributed by atoms with van der Waals surface area (Å²) in [6.45, 7) is 10.00. The molecule has 0 saturated carbocycles. The van der Waals surface area contributed by atoms with Crippen molar-refractivity contribution < 1.29 is 4.74 Å². The second-order valence-corrected chi connectivity index (χ2v) is 4.90. The molecule has 1 unspecified atom stereocenters. The van der Waals surface area contributed by atoms with Gasteiger partial charge in [0.2, 0.25) is 0 Å². The predicted octanol–water partition coefficient (Wildman–Crippen LogP) is 2.33. The van der Waals surface area contributed by atoms with E-state index in [4.69, 9.17) is 4.74 Å². The molecular weight excluding hydrogens is 226 g/mol. The van der Waals surface area contributed by atoms with Crippen molar-refractivity contribution in [2.45, 2.75) is 46.4 Å². The number of ether oxygens (including phenoxy) is 1. The number of aromatic nitrogens is 1. The lowest BCUT2D eigenvalue weighted by Crippen LogP contribution is -2.23. The molecule has 0 radical (unpaired) electrons. The summed E-state index contributed by atoms with van der Waals surface area (Å²) < 4.78 is 5.19. The van der Waals surface area contributed by atoms with Gasteiger partial charge in [-0.1, -0.05) is 19.9 Å². The highest BCUT2D eigenvalue weighted by atomic mass is 16.5. The maximum atomic E-state index is 5.19. The fourth-order valence-corrected chi connectivity index (χ4v) is 1.52. The zero-order valence-electron chi connectivity index (χ0n) is 12.1. The van der Waals surface area contributed by atoms with Gasteiger partial charge in [-0.3, -0.25) is 0 Å². The van der Waals surface area contributed by atoms with E-state index in [1.165, 1.54) is 5.56 Å². The Labute approximate surface area is 110 Å². The van der Waals surface area contributed by atoms with Crippen LogP contribution in [0.5, 0.6) is 0 Å². The summed E-state index contributed by atoms with van der Waals surface area (Å²) in [6, 6.07) is 4.63. The van der Waals surface area contributed by atoms with Crippen LogP contribution in [0.2, 0.25) is 0 Å². The largest absolute Gasteiger partial charge is 0.380 e. The summed E-state index contributed by atoms with van der Waals surface area (Å²) in [5, 5.41) is 6.67. The molecule has 0 aliphatic rings. The highest BCUT2D eigenvalue weighted by molar-refractivity contribution is 5.38. The zero-order valence-corrected chi connectivity index (χ0v) is 12.1. The topological polar surface area (TPSA) is 46.2 Å². The van der Waals surface area contributed by atoms with E-state index in [0.29, 0.717) is 6.04 Å². The number of methoxy groups -OCH3 is 1. The van der Waals surface area contributed by atoms with Gasteiger partial charge < -0.3 is 15.4 Å². The molecule has 4 heteroatoms. The molecule has 1 aromatic rings. The number of hydrogen-bond donors (Lipinski definition) is 2. The first-order valence-corrected chi connectivity index (χ1v) is 6.49. The van der Waals surface area contributed by atoms with Crippen molar-refractivity contribution in [3.05, 3.63) is 23.4 Å². The van der Waals surface area contributed by atoms with Crippen LogP contribution in [0.1, 0.15) is 32.0 Å². The van der Waals surface area contributed by atoms with Gasteiger partial charge in [0.1, 0.15) is 5.82 Å². The van der Waals surface area contributed by atoms with Gasteiger partial charge in [-0.15, -0.1) is 0 Å². The van der Waals surface area contributed by atoms with Crippen molar-refractivity contribution in [2.24, 2.45) is 0 Å². The van der Waals surface area contributed by atoms with Crippen molar-refractivity contribution >= 4 is 5.82 Å². The summed E-state index contributed by atoms with van der Waals surface area (Å²) >= 11 is 0. The molecule has 0 aromatic carbocycles. The van der Waals surface area contributed by atoms with E-state index in [0.717, 1.165) is 24.6 Å². The number of nitrogens with zero attached hydrogens (tertiary/aromatic N) is 1. The molecule has 4 nitrogen and oxygen atoms in total. The van der Waals surface area contributed by atoms with Gasteiger partial charge in [0.15, 0.2) is 0 Å². The normalized spacial score (nSPS) is 12.8. The van der Waals surface area contributed by atoms with Crippen molar-refractivity contribution in [3.63, 3.8) is 0 Å². The summed E-state index contributed by atoms with van der Waals surface area (Å²) in [5.41, 5.74) is 2.31. The van der Waals surface area contributed by atoms with E-state index in [1.54, 1.807) is 7.11 Å². The lowest BCUT2D eigenvalue weighted by Gasteiger charge is -2.14. The molecule has 1 heterocycles. The number of rotatable bonds is 7. The molecule has 0 aliphatic heterocycles. The molecule has 0 spiro atoms. The number of hydrogen-bond acceptors (Lipinski definition) is 4. The Morgan fingerprint density at radius 1 is 1.28 bits per heavy atom. The summed E-state index contributed by atoms with van der Waals surface area (Å²) in [6.07, 6.45) is 0.189. The number of nitrogens with one attached hydrogen (secondary N) is 2. The molecule has 102 valence electrons. The molecule has 0 bridgehead atoms. The van der Waals surface area contributed by atoms with Crippen molar-refractivity contribution in [3.8, 4) is 0 Å². The lowest BCUT2D eigenvalue weighted by atomic mass is 10.2.